The molecule has 2 rings (SSSR count). The zero-order valence-electron chi connectivity index (χ0n) is 9.03. The highest BCUT2D eigenvalue weighted by Crippen LogP contribution is 2.24. The van der Waals surface area contributed by atoms with Gasteiger partial charge in [0.25, 0.3) is 0 Å². The maximum Gasteiger partial charge on any atom is 0.107 e. The third-order valence-corrected chi connectivity index (χ3v) is 2.95. The van der Waals surface area contributed by atoms with Crippen LogP contribution in [0.2, 0.25) is 0 Å². The Morgan fingerprint density at radius 1 is 1.73 bits per heavy atom. The second-order valence-electron chi connectivity index (χ2n) is 4.19. The number of imidazole rings is 1. The highest BCUT2D eigenvalue weighted by atomic mass is 15.1. The largest absolute Gasteiger partial charge is 0.346 e. The van der Waals surface area contributed by atoms with Crippen molar-refractivity contribution in [3.63, 3.8) is 0 Å². The summed E-state index contributed by atoms with van der Waals surface area (Å²) in [4.78, 5) is 9.95. The topological polar surface area (TPSA) is 55.7 Å². The van der Waals surface area contributed by atoms with Crippen LogP contribution in [-0.4, -0.2) is 35.0 Å². The van der Waals surface area contributed by atoms with E-state index in [-0.39, 0.29) is 0 Å². The summed E-state index contributed by atoms with van der Waals surface area (Å²) >= 11 is 0. The molecule has 0 spiro atoms. The standard InChI is InChI=1S/C11H16N4/c1-15-6-4-9(8-15)10-7-13-11(14-10)3-2-5-12/h7,9H,2-4,6,8H2,1H3,(H,13,14). The summed E-state index contributed by atoms with van der Waals surface area (Å²) in [6.07, 6.45) is 4.41. The molecule has 1 unspecified atom stereocenters. The second-order valence-corrected chi connectivity index (χ2v) is 4.19. The third-order valence-electron chi connectivity index (χ3n) is 2.95. The molecule has 0 saturated carbocycles. The fourth-order valence-corrected chi connectivity index (χ4v) is 2.08. The average molecular weight is 204 g/mol. The fourth-order valence-electron chi connectivity index (χ4n) is 2.08. The Labute approximate surface area is 89.9 Å². The van der Waals surface area contributed by atoms with Crippen LogP contribution < -0.4 is 0 Å². The molecule has 4 heteroatoms. The Bertz CT molecular complexity index is 363. The minimum atomic E-state index is 0.539. The number of aromatic amines is 1. The molecule has 1 aliphatic rings. The van der Waals surface area contributed by atoms with Gasteiger partial charge in [-0.25, -0.2) is 4.98 Å². The molecule has 0 aliphatic carbocycles. The van der Waals surface area contributed by atoms with Crippen LogP contribution in [0.5, 0.6) is 0 Å². The first-order valence-corrected chi connectivity index (χ1v) is 5.39. The Hall–Kier alpha value is -1.34. The van der Waals surface area contributed by atoms with Gasteiger partial charge in [-0.05, 0) is 20.0 Å². The van der Waals surface area contributed by atoms with E-state index in [9.17, 15) is 0 Å². The highest BCUT2D eigenvalue weighted by Gasteiger charge is 2.22. The SMILES string of the molecule is CN1CCC(c2cnc(CCC#N)[nH]2)C1. The molecule has 0 amide bonds. The van der Waals surface area contributed by atoms with E-state index in [0.717, 1.165) is 25.3 Å². The molecule has 1 saturated heterocycles. The van der Waals surface area contributed by atoms with Gasteiger partial charge in [-0.3, -0.25) is 0 Å². The molecule has 1 atom stereocenters. The molecular formula is C11H16N4. The number of likely N-dealkylation sites (N-methyl/N-ethyl adjacent to an activating group) is 1. The molecule has 4 nitrogen and oxygen atoms in total. The molecule has 0 aromatic carbocycles. The predicted molar refractivity (Wildman–Crippen MR) is 57.4 cm³/mol. The number of aryl methyl sites for hydroxylation is 1. The number of likely N-dealkylation sites (tertiary alicyclic amines) is 1. The van der Waals surface area contributed by atoms with Crippen LogP contribution in [0.4, 0.5) is 0 Å². The summed E-state index contributed by atoms with van der Waals surface area (Å²) in [6.45, 7) is 2.27. The van der Waals surface area contributed by atoms with Gasteiger partial charge in [0.1, 0.15) is 5.82 Å². The van der Waals surface area contributed by atoms with Crippen LogP contribution in [0, 0.1) is 11.3 Å². The smallest absolute Gasteiger partial charge is 0.107 e. The highest BCUT2D eigenvalue weighted by molar-refractivity contribution is 5.10. The predicted octanol–water partition coefficient (Wildman–Crippen LogP) is 1.28. The third kappa shape index (κ3) is 2.37. The lowest BCUT2D eigenvalue weighted by molar-refractivity contribution is 0.411. The number of nitrogens with zero attached hydrogens (tertiary/aromatic N) is 3. The minimum Gasteiger partial charge on any atom is -0.346 e. The number of hydrogen-bond acceptors (Lipinski definition) is 3. The van der Waals surface area contributed by atoms with E-state index in [1.54, 1.807) is 0 Å². The number of nitrogens with one attached hydrogen (secondary N) is 1. The summed E-state index contributed by atoms with van der Waals surface area (Å²) in [5.41, 5.74) is 1.23. The first-order valence-electron chi connectivity index (χ1n) is 5.39. The number of hydrogen-bond donors (Lipinski definition) is 1. The average Bonchev–Trinajstić information content (AvgIpc) is 2.83. The van der Waals surface area contributed by atoms with E-state index in [1.165, 1.54) is 12.1 Å². The van der Waals surface area contributed by atoms with E-state index < -0.39 is 0 Å². The van der Waals surface area contributed by atoms with E-state index in [2.05, 4.69) is 28.0 Å². The monoisotopic (exact) mass is 204 g/mol. The van der Waals surface area contributed by atoms with Crippen molar-refractivity contribution in [3.8, 4) is 6.07 Å². The van der Waals surface area contributed by atoms with Gasteiger partial charge in [0.05, 0.1) is 6.07 Å². The molecule has 0 bridgehead atoms. The van der Waals surface area contributed by atoms with Gasteiger partial charge >= 0.3 is 0 Å². The number of aromatic nitrogens is 2. The first-order chi connectivity index (χ1) is 7.29. The van der Waals surface area contributed by atoms with Crippen LogP contribution in [0.25, 0.3) is 0 Å². The Kier molecular flexibility index (Phi) is 3.02. The van der Waals surface area contributed by atoms with Crippen LogP contribution in [-0.2, 0) is 6.42 Å². The first kappa shape index (κ1) is 10.2. The summed E-state index contributed by atoms with van der Waals surface area (Å²) in [5, 5.41) is 8.48. The van der Waals surface area contributed by atoms with E-state index in [0.29, 0.717) is 12.3 Å². The molecule has 2 heterocycles. The molecule has 1 fully saturated rings. The summed E-state index contributed by atoms with van der Waals surface area (Å²) in [5.74, 6) is 1.54. The van der Waals surface area contributed by atoms with Crippen molar-refractivity contribution in [2.75, 3.05) is 20.1 Å². The number of H-pyrrole nitrogens is 1. The van der Waals surface area contributed by atoms with Crippen LogP contribution in [0.15, 0.2) is 6.20 Å². The van der Waals surface area contributed by atoms with E-state index in [4.69, 9.17) is 5.26 Å². The zero-order valence-corrected chi connectivity index (χ0v) is 9.03. The molecule has 0 radical (unpaired) electrons. The van der Waals surface area contributed by atoms with E-state index >= 15 is 0 Å². The molecule has 1 N–H and O–H groups in total. The van der Waals surface area contributed by atoms with Crippen molar-refractivity contribution in [2.45, 2.75) is 25.2 Å². The molecule has 1 aromatic rings. The number of rotatable bonds is 3. The zero-order chi connectivity index (χ0) is 10.7. The Balaban J connectivity index is 1.98. The van der Waals surface area contributed by atoms with Crippen LogP contribution in [0.1, 0.15) is 30.3 Å². The second kappa shape index (κ2) is 4.45. The van der Waals surface area contributed by atoms with Crippen molar-refractivity contribution >= 4 is 0 Å². The molecule has 1 aliphatic heterocycles. The fraction of sp³-hybridized carbons (Fsp3) is 0.636. The van der Waals surface area contributed by atoms with Gasteiger partial charge in [-0.15, -0.1) is 0 Å². The normalized spacial score (nSPS) is 21.7. The molecule has 80 valence electrons. The lowest BCUT2D eigenvalue weighted by Crippen LogP contribution is -2.13. The van der Waals surface area contributed by atoms with Gasteiger partial charge < -0.3 is 9.88 Å². The lowest BCUT2D eigenvalue weighted by Gasteiger charge is -2.07. The van der Waals surface area contributed by atoms with Gasteiger partial charge in [-0.2, -0.15) is 5.26 Å². The van der Waals surface area contributed by atoms with Crippen LogP contribution in [0.3, 0.4) is 0 Å². The van der Waals surface area contributed by atoms with Gasteiger partial charge in [0.2, 0.25) is 0 Å². The maximum absolute atomic E-state index is 8.48. The van der Waals surface area contributed by atoms with Crippen molar-refractivity contribution in [1.82, 2.24) is 14.9 Å². The summed E-state index contributed by atoms with van der Waals surface area (Å²) < 4.78 is 0. The lowest BCUT2D eigenvalue weighted by atomic mass is 10.1. The quantitative estimate of drug-likeness (QED) is 0.807. The van der Waals surface area contributed by atoms with Crippen molar-refractivity contribution in [1.29, 1.82) is 5.26 Å². The van der Waals surface area contributed by atoms with Gasteiger partial charge in [-0.1, -0.05) is 0 Å². The van der Waals surface area contributed by atoms with Gasteiger partial charge in [0, 0.05) is 37.2 Å². The van der Waals surface area contributed by atoms with Crippen molar-refractivity contribution < 1.29 is 0 Å². The Morgan fingerprint density at radius 2 is 2.60 bits per heavy atom. The summed E-state index contributed by atoms with van der Waals surface area (Å²) in [6, 6.07) is 2.13. The molecule has 15 heavy (non-hydrogen) atoms. The van der Waals surface area contributed by atoms with E-state index in [1.807, 2.05) is 6.20 Å². The minimum absolute atomic E-state index is 0.539. The Morgan fingerprint density at radius 3 is 3.27 bits per heavy atom. The van der Waals surface area contributed by atoms with Crippen molar-refractivity contribution in [3.05, 3.63) is 17.7 Å². The number of nitriles is 1. The maximum atomic E-state index is 8.48. The van der Waals surface area contributed by atoms with Gasteiger partial charge in [0.15, 0.2) is 0 Å². The van der Waals surface area contributed by atoms with Crippen molar-refractivity contribution in [2.24, 2.45) is 0 Å². The molecule has 1 aromatic heterocycles. The summed E-state index contributed by atoms with van der Waals surface area (Å²) in [7, 11) is 2.15. The molecular weight excluding hydrogens is 188 g/mol. The van der Waals surface area contributed by atoms with Crippen LogP contribution >= 0.6 is 0 Å².